The van der Waals surface area contributed by atoms with E-state index in [0.29, 0.717) is 25.2 Å². The summed E-state index contributed by atoms with van der Waals surface area (Å²) in [6, 6.07) is 7.16. The van der Waals surface area contributed by atoms with Crippen LogP contribution in [0, 0.1) is 5.92 Å². The lowest BCUT2D eigenvalue weighted by Crippen LogP contribution is -2.42. The van der Waals surface area contributed by atoms with Crippen molar-refractivity contribution < 1.29 is 14.3 Å². The summed E-state index contributed by atoms with van der Waals surface area (Å²) in [6.45, 7) is 5.66. The molecule has 1 aromatic rings. The number of hydrogen-bond donors (Lipinski definition) is 2. The molecule has 1 amide bonds. The van der Waals surface area contributed by atoms with Gasteiger partial charge >= 0.3 is 0 Å². The van der Waals surface area contributed by atoms with Crippen LogP contribution in [0.2, 0.25) is 0 Å². The number of anilines is 2. The number of benzene rings is 1. The third kappa shape index (κ3) is 3.53. The van der Waals surface area contributed by atoms with Gasteiger partial charge in [0.2, 0.25) is 0 Å². The van der Waals surface area contributed by atoms with Crippen LogP contribution in [-0.4, -0.2) is 51.0 Å². The number of morpholine rings is 1. The Morgan fingerprint density at radius 1 is 1.10 bits per heavy atom. The lowest BCUT2D eigenvalue weighted by molar-refractivity contribution is -0.113. The number of hydrogen-bond acceptors (Lipinski definition) is 5. The van der Waals surface area contributed by atoms with Gasteiger partial charge in [0.1, 0.15) is 0 Å². The molecule has 6 nitrogen and oxygen atoms in total. The van der Waals surface area contributed by atoms with Crippen molar-refractivity contribution in [2.24, 2.45) is 5.92 Å². The van der Waals surface area contributed by atoms with E-state index in [2.05, 4.69) is 35.8 Å². The molecule has 1 saturated carbocycles. The summed E-state index contributed by atoms with van der Waals surface area (Å²) in [4.78, 5) is 15.6. The molecule has 1 aliphatic carbocycles. The van der Waals surface area contributed by atoms with Crippen LogP contribution in [0.15, 0.2) is 23.9 Å². The molecule has 1 aromatic carbocycles. The predicted octanol–water partition coefficient (Wildman–Crippen LogP) is 3.14. The minimum absolute atomic E-state index is 0.103. The Morgan fingerprint density at radius 2 is 1.97 bits per heavy atom. The van der Waals surface area contributed by atoms with E-state index in [1.807, 2.05) is 4.90 Å². The maximum atomic E-state index is 13.6. The van der Waals surface area contributed by atoms with Gasteiger partial charge in [-0.1, -0.05) is 13.3 Å². The average molecular weight is 398 g/mol. The smallest absolute Gasteiger partial charge is 0.261 e. The quantitative estimate of drug-likeness (QED) is 0.768. The lowest BCUT2D eigenvalue weighted by atomic mass is 10.0. The van der Waals surface area contributed by atoms with E-state index in [1.165, 1.54) is 19.3 Å². The molecule has 0 aromatic heterocycles. The third-order valence-electron chi connectivity index (χ3n) is 6.86. The van der Waals surface area contributed by atoms with Gasteiger partial charge in [-0.2, -0.15) is 0 Å². The largest absolute Gasteiger partial charge is 0.383 e. The zero-order valence-electron chi connectivity index (χ0n) is 17.2. The molecule has 0 spiro atoms. The zero-order valence-corrected chi connectivity index (χ0v) is 17.2. The van der Waals surface area contributed by atoms with Gasteiger partial charge in [0.25, 0.3) is 5.91 Å². The van der Waals surface area contributed by atoms with E-state index < -0.39 is 0 Å². The number of nitrogens with one attached hydrogen (secondary N) is 2. The van der Waals surface area contributed by atoms with Gasteiger partial charge in [0.05, 0.1) is 30.2 Å². The Kier molecular flexibility index (Phi) is 5.22. The number of rotatable bonds is 3. The molecule has 156 valence electrons. The molecule has 0 radical (unpaired) electrons. The van der Waals surface area contributed by atoms with Crippen molar-refractivity contribution in [3.05, 3.63) is 29.5 Å². The molecule has 5 rings (SSSR count). The Morgan fingerprint density at radius 3 is 2.69 bits per heavy atom. The van der Waals surface area contributed by atoms with Gasteiger partial charge in [-0.3, -0.25) is 4.79 Å². The van der Waals surface area contributed by atoms with Crippen LogP contribution in [0.4, 0.5) is 11.4 Å². The normalized spacial score (nSPS) is 30.4. The number of amides is 1. The average Bonchev–Trinajstić information content (AvgIpc) is 3.28. The minimum atomic E-state index is 0.103. The first-order valence-corrected chi connectivity index (χ1v) is 11.1. The van der Waals surface area contributed by atoms with Crippen LogP contribution in [0.1, 0.15) is 44.6 Å². The monoisotopic (exact) mass is 397 g/mol. The van der Waals surface area contributed by atoms with Crippen LogP contribution >= 0.6 is 0 Å². The van der Waals surface area contributed by atoms with E-state index in [4.69, 9.17) is 9.47 Å². The number of ether oxygens (including phenoxy) is 2. The molecule has 2 N–H and O–H groups in total. The minimum Gasteiger partial charge on any atom is -0.383 e. The van der Waals surface area contributed by atoms with E-state index in [1.54, 1.807) is 0 Å². The van der Waals surface area contributed by atoms with Crippen molar-refractivity contribution in [3.63, 3.8) is 0 Å². The summed E-state index contributed by atoms with van der Waals surface area (Å²) in [5.74, 6) is 0.793. The van der Waals surface area contributed by atoms with Crippen molar-refractivity contribution in [2.45, 2.75) is 51.1 Å². The fourth-order valence-electron chi connectivity index (χ4n) is 5.21. The maximum Gasteiger partial charge on any atom is 0.261 e. The van der Waals surface area contributed by atoms with Gasteiger partial charge in [0.15, 0.2) is 0 Å². The van der Waals surface area contributed by atoms with Gasteiger partial charge in [-0.15, -0.1) is 0 Å². The highest BCUT2D eigenvalue weighted by molar-refractivity contribution is 6.33. The summed E-state index contributed by atoms with van der Waals surface area (Å²) in [7, 11) is 0. The van der Waals surface area contributed by atoms with Crippen molar-refractivity contribution in [3.8, 4) is 0 Å². The number of carbonyl (C=O) groups excluding carboxylic acids is 1. The van der Waals surface area contributed by atoms with E-state index in [-0.39, 0.29) is 11.9 Å². The highest BCUT2D eigenvalue weighted by atomic mass is 16.5. The van der Waals surface area contributed by atoms with Gasteiger partial charge in [-0.25, -0.2) is 0 Å². The van der Waals surface area contributed by atoms with Crippen molar-refractivity contribution in [1.82, 2.24) is 5.32 Å². The van der Waals surface area contributed by atoms with Crippen LogP contribution in [0.25, 0.3) is 5.57 Å². The van der Waals surface area contributed by atoms with Crippen molar-refractivity contribution in [1.29, 1.82) is 0 Å². The number of carbonyl (C=O) groups is 1. The molecular weight excluding hydrogens is 366 g/mol. The van der Waals surface area contributed by atoms with Crippen LogP contribution in [0.3, 0.4) is 0 Å². The molecule has 4 aliphatic rings. The molecule has 0 bridgehead atoms. The summed E-state index contributed by atoms with van der Waals surface area (Å²) in [6.07, 6.45) is 5.56. The number of nitrogens with zero attached hydrogens (tertiary/aromatic N) is 1. The first kappa shape index (κ1) is 18.9. The summed E-state index contributed by atoms with van der Waals surface area (Å²) >= 11 is 0. The molecule has 2 unspecified atom stereocenters. The second-order valence-corrected chi connectivity index (χ2v) is 8.74. The number of fused-ring (bicyclic) bond motifs is 1. The van der Waals surface area contributed by atoms with Crippen molar-refractivity contribution >= 4 is 22.9 Å². The Balaban J connectivity index is 1.52. The molecule has 2 atom stereocenters. The SMILES string of the molecule is CC1CCCC1Nc1ccc2c(c1)/C(=C1\COCCN1)C(=O)N2C1CCOCC1. The first-order chi connectivity index (χ1) is 14.2. The van der Waals surface area contributed by atoms with E-state index in [0.717, 1.165) is 60.8 Å². The standard InChI is InChI=1S/C23H31N3O3/c1-15-3-2-4-19(15)25-16-5-6-21-18(13-16)22(20-14-29-12-9-24-20)23(27)26(21)17-7-10-28-11-8-17/h5-6,13,15,17,19,24-25H,2-4,7-12,14H2,1H3/b22-20-. The zero-order chi connectivity index (χ0) is 19.8. The molecule has 3 aliphatic heterocycles. The van der Waals surface area contributed by atoms with Gasteiger partial charge in [-0.05, 0) is 49.8 Å². The van der Waals surface area contributed by atoms with E-state index in [9.17, 15) is 4.79 Å². The van der Waals surface area contributed by atoms with Crippen LogP contribution in [-0.2, 0) is 14.3 Å². The Labute approximate surface area is 172 Å². The molecule has 2 saturated heterocycles. The van der Waals surface area contributed by atoms with E-state index >= 15 is 0 Å². The topological polar surface area (TPSA) is 62.8 Å². The Hall–Kier alpha value is -2.05. The van der Waals surface area contributed by atoms with Crippen molar-refractivity contribution in [2.75, 3.05) is 43.2 Å². The molecule has 3 fully saturated rings. The highest BCUT2D eigenvalue weighted by Crippen LogP contribution is 2.43. The van der Waals surface area contributed by atoms with Gasteiger partial charge < -0.3 is 25.0 Å². The molecular formula is C23H31N3O3. The van der Waals surface area contributed by atoms with Crippen LogP contribution < -0.4 is 15.5 Å². The first-order valence-electron chi connectivity index (χ1n) is 11.1. The molecule has 29 heavy (non-hydrogen) atoms. The molecule has 3 heterocycles. The third-order valence-corrected chi connectivity index (χ3v) is 6.86. The second kappa shape index (κ2) is 8.00. The predicted molar refractivity (Wildman–Crippen MR) is 114 cm³/mol. The Bertz CT molecular complexity index is 808. The van der Waals surface area contributed by atoms with Crippen LogP contribution in [0.5, 0.6) is 0 Å². The maximum absolute atomic E-state index is 13.6. The molecule has 6 heteroatoms. The lowest BCUT2D eigenvalue weighted by Gasteiger charge is -2.31. The fourth-order valence-corrected chi connectivity index (χ4v) is 5.21. The second-order valence-electron chi connectivity index (χ2n) is 8.74. The highest BCUT2D eigenvalue weighted by Gasteiger charge is 2.40. The van der Waals surface area contributed by atoms with Gasteiger partial charge in [0, 0.05) is 43.1 Å². The summed E-state index contributed by atoms with van der Waals surface area (Å²) < 4.78 is 11.2. The summed E-state index contributed by atoms with van der Waals surface area (Å²) in [5, 5.41) is 7.15. The fraction of sp³-hybridized carbons (Fsp3) is 0.609. The summed E-state index contributed by atoms with van der Waals surface area (Å²) in [5.41, 5.74) is 4.88.